The predicted octanol–water partition coefficient (Wildman–Crippen LogP) is 4.57. The number of ether oxygens (including phenoxy) is 1. The highest BCUT2D eigenvalue weighted by Crippen LogP contribution is 2.36. The lowest BCUT2D eigenvalue weighted by molar-refractivity contribution is 0.189. The van der Waals surface area contributed by atoms with Gasteiger partial charge in [-0.15, -0.1) is 0 Å². The zero-order valence-corrected chi connectivity index (χ0v) is 14.3. The predicted molar refractivity (Wildman–Crippen MR) is 97.1 cm³/mol. The topological polar surface area (TPSA) is 38.5 Å². The first-order chi connectivity index (χ1) is 11.1. The summed E-state index contributed by atoms with van der Waals surface area (Å²) in [5, 5.41) is 0. The van der Waals surface area contributed by atoms with Crippen LogP contribution in [0.4, 0.5) is 11.4 Å². The van der Waals surface area contributed by atoms with Gasteiger partial charge in [0.25, 0.3) is 0 Å². The molecule has 2 aromatic carbocycles. The summed E-state index contributed by atoms with van der Waals surface area (Å²) in [7, 11) is 0. The third kappa shape index (κ3) is 3.44. The molecule has 0 aliphatic carbocycles. The maximum Gasteiger partial charge on any atom is 0.143 e. The molecule has 23 heavy (non-hydrogen) atoms. The van der Waals surface area contributed by atoms with E-state index in [-0.39, 0.29) is 6.10 Å². The van der Waals surface area contributed by atoms with Crippen molar-refractivity contribution >= 4 is 11.4 Å². The van der Waals surface area contributed by atoms with Gasteiger partial charge in [0.2, 0.25) is 0 Å². The summed E-state index contributed by atoms with van der Waals surface area (Å²) in [6.07, 6.45) is 1.24. The lowest BCUT2D eigenvalue weighted by atomic mass is 10.0. The molecule has 0 amide bonds. The molecule has 1 heterocycles. The van der Waals surface area contributed by atoms with E-state index in [1.54, 1.807) is 0 Å². The van der Waals surface area contributed by atoms with Gasteiger partial charge in [-0.25, -0.2) is 0 Å². The van der Waals surface area contributed by atoms with Crippen LogP contribution >= 0.6 is 0 Å². The number of anilines is 2. The molecule has 1 aliphatic heterocycles. The van der Waals surface area contributed by atoms with Crippen LogP contribution < -0.4 is 15.4 Å². The monoisotopic (exact) mass is 310 g/mol. The Kier molecular flexibility index (Phi) is 4.46. The molecule has 122 valence electrons. The third-order valence-corrected chi connectivity index (χ3v) is 4.52. The number of rotatable bonds is 4. The van der Waals surface area contributed by atoms with E-state index in [1.165, 1.54) is 11.1 Å². The summed E-state index contributed by atoms with van der Waals surface area (Å²) in [5.74, 6) is 1.51. The van der Waals surface area contributed by atoms with Crippen molar-refractivity contribution in [3.8, 4) is 5.75 Å². The Hall–Kier alpha value is -2.16. The molecule has 3 rings (SSSR count). The van der Waals surface area contributed by atoms with Crippen LogP contribution in [0, 0.1) is 0 Å². The lowest BCUT2D eigenvalue weighted by Gasteiger charge is -2.36. The Morgan fingerprint density at radius 2 is 1.91 bits per heavy atom. The number of hydrogen-bond donors (Lipinski definition) is 1. The highest BCUT2D eigenvalue weighted by molar-refractivity contribution is 5.66. The van der Waals surface area contributed by atoms with Gasteiger partial charge in [-0.1, -0.05) is 45.0 Å². The van der Waals surface area contributed by atoms with Gasteiger partial charge < -0.3 is 15.4 Å². The van der Waals surface area contributed by atoms with E-state index in [9.17, 15) is 0 Å². The van der Waals surface area contributed by atoms with Gasteiger partial charge >= 0.3 is 0 Å². The molecule has 1 aliphatic rings. The van der Waals surface area contributed by atoms with E-state index in [1.807, 2.05) is 18.2 Å². The van der Waals surface area contributed by atoms with E-state index in [0.29, 0.717) is 5.92 Å². The smallest absolute Gasteiger partial charge is 0.143 e. The van der Waals surface area contributed by atoms with Crippen LogP contribution in [0.15, 0.2) is 42.5 Å². The van der Waals surface area contributed by atoms with Crippen molar-refractivity contribution in [1.29, 1.82) is 0 Å². The van der Waals surface area contributed by atoms with Crippen LogP contribution in [0.2, 0.25) is 0 Å². The fourth-order valence-corrected chi connectivity index (χ4v) is 3.03. The second kappa shape index (κ2) is 6.53. The van der Waals surface area contributed by atoms with E-state index >= 15 is 0 Å². The van der Waals surface area contributed by atoms with Gasteiger partial charge in [-0.2, -0.15) is 0 Å². The standard InChI is InChI=1S/C20H26N2O/c1-4-18-13-22(19-11-17(21)9-10-20(19)23-18)12-15-5-7-16(8-6-15)14(2)3/h5-11,14,18H,4,12-13,21H2,1-3H3. The number of nitrogen functional groups attached to an aromatic ring is 1. The summed E-state index contributed by atoms with van der Waals surface area (Å²) < 4.78 is 6.06. The van der Waals surface area contributed by atoms with Crippen molar-refractivity contribution in [2.24, 2.45) is 0 Å². The van der Waals surface area contributed by atoms with E-state index in [4.69, 9.17) is 10.5 Å². The molecule has 0 aromatic heterocycles. The number of nitrogens with zero attached hydrogens (tertiary/aromatic N) is 1. The van der Waals surface area contributed by atoms with Gasteiger partial charge in [0, 0.05) is 12.2 Å². The number of nitrogens with two attached hydrogens (primary N) is 1. The lowest BCUT2D eigenvalue weighted by Crippen LogP contribution is -2.39. The fraction of sp³-hybridized carbons (Fsp3) is 0.400. The van der Waals surface area contributed by atoms with Gasteiger partial charge in [0.1, 0.15) is 11.9 Å². The largest absolute Gasteiger partial charge is 0.486 e. The van der Waals surface area contributed by atoms with Gasteiger partial charge in [-0.05, 0) is 41.7 Å². The maximum atomic E-state index is 6.06. The van der Waals surface area contributed by atoms with Crippen LogP contribution in [0.5, 0.6) is 5.75 Å². The van der Waals surface area contributed by atoms with Crippen molar-refractivity contribution in [3.05, 3.63) is 53.6 Å². The molecule has 0 radical (unpaired) electrons. The van der Waals surface area contributed by atoms with E-state index < -0.39 is 0 Å². The minimum atomic E-state index is 0.237. The summed E-state index contributed by atoms with van der Waals surface area (Å²) >= 11 is 0. The molecule has 0 spiro atoms. The van der Waals surface area contributed by atoms with Crippen molar-refractivity contribution in [1.82, 2.24) is 0 Å². The first-order valence-electron chi connectivity index (χ1n) is 8.46. The molecule has 0 saturated carbocycles. The van der Waals surface area contributed by atoms with Crippen molar-refractivity contribution in [2.45, 2.75) is 45.8 Å². The highest BCUT2D eigenvalue weighted by Gasteiger charge is 2.24. The molecule has 3 nitrogen and oxygen atoms in total. The van der Waals surface area contributed by atoms with Crippen LogP contribution in [-0.4, -0.2) is 12.6 Å². The molecule has 2 N–H and O–H groups in total. The first kappa shape index (κ1) is 15.7. The van der Waals surface area contributed by atoms with Gasteiger partial charge in [0.05, 0.1) is 12.2 Å². The maximum absolute atomic E-state index is 6.06. The minimum absolute atomic E-state index is 0.237. The normalized spacial score (nSPS) is 17.0. The first-order valence-corrected chi connectivity index (χ1v) is 8.46. The second-order valence-electron chi connectivity index (χ2n) is 6.65. The molecule has 3 heteroatoms. The van der Waals surface area contributed by atoms with Crippen molar-refractivity contribution in [2.75, 3.05) is 17.2 Å². The van der Waals surface area contributed by atoms with E-state index in [2.05, 4.69) is 49.9 Å². The Morgan fingerprint density at radius 1 is 1.17 bits per heavy atom. The minimum Gasteiger partial charge on any atom is -0.486 e. The molecule has 1 unspecified atom stereocenters. The summed E-state index contributed by atoms with van der Waals surface area (Å²) in [4.78, 5) is 2.38. The quantitative estimate of drug-likeness (QED) is 0.841. The second-order valence-corrected chi connectivity index (χ2v) is 6.65. The zero-order valence-electron chi connectivity index (χ0n) is 14.3. The zero-order chi connectivity index (χ0) is 16.4. The Morgan fingerprint density at radius 3 is 2.57 bits per heavy atom. The van der Waals surface area contributed by atoms with Gasteiger partial charge in [-0.3, -0.25) is 0 Å². The molecule has 0 bridgehead atoms. The molecule has 0 fully saturated rings. The highest BCUT2D eigenvalue weighted by atomic mass is 16.5. The number of benzene rings is 2. The molecule has 0 saturated heterocycles. The molecule has 1 atom stereocenters. The van der Waals surface area contributed by atoms with Crippen LogP contribution in [-0.2, 0) is 6.54 Å². The average molecular weight is 310 g/mol. The van der Waals surface area contributed by atoms with Crippen molar-refractivity contribution in [3.63, 3.8) is 0 Å². The van der Waals surface area contributed by atoms with E-state index in [0.717, 1.165) is 36.6 Å². The van der Waals surface area contributed by atoms with Gasteiger partial charge in [0.15, 0.2) is 0 Å². The van der Waals surface area contributed by atoms with Crippen LogP contribution in [0.25, 0.3) is 0 Å². The SMILES string of the molecule is CCC1CN(Cc2ccc(C(C)C)cc2)c2cc(N)ccc2O1. The number of hydrogen-bond acceptors (Lipinski definition) is 3. The van der Waals surface area contributed by atoms with Crippen molar-refractivity contribution < 1.29 is 4.74 Å². The molecule has 2 aromatic rings. The Labute approximate surface area is 139 Å². The third-order valence-electron chi connectivity index (χ3n) is 4.52. The van der Waals surface area contributed by atoms with Crippen LogP contribution in [0.3, 0.4) is 0 Å². The summed E-state index contributed by atoms with van der Waals surface area (Å²) in [5.41, 5.74) is 10.6. The Bertz CT molecular complexity index is 664. The molecular formula is C20H26N2O. The molecular weight excluding hydrogens is 284 g/mol. The average Bonchev–Trinajstić information content (AvgIpc) is 2.55. The summed E-state index contributed by atoms with van der Waals surface area (Å²) in [6, 6.07) is 14.9. The Balaban J connectivity index is 1.85. The van der Waals surface area contributed by atoms with Crippen LogP contribution in [0.1, 0.15) is 44.2 Å². The summed E-state index contributed by atoms with van der Waals surface area (Å²) in [6.45, 7) is 8.40. The fourth-order valence-electron chi connectivity index (χ4n) is 3.03. The number of fused-ring (bicyclic) bond motifs is 1.